The molecule has 2 aromatic carbocycles. The number of benzene rings is 2. The molecule has 1 aliphatic carbocycles. The SMILES string of the molecule is N[C@@H]1CCCc2ccc(OCc3ccc(F)cc3F)cc21. The van der Waals surface area contributed by atoms with Gasteiger partial charge in [0.1, 0.15) is 24.0 Å². The van der Waals surface area contributed by atoms with Crippen molar-refractivity contribution in [1.29, 1.82) is 0 Å². The van der Waals surface area contributed by atoms with Crippen LogP contribution in [-0.4, -0.2) is 0 Å². The van der Waals surface area contributed by atoms with Gasteiger partial charge in [-0.2, -0.15) is 0 Å². The Balaban J connectivity index is 1.75. The molecule has 4 heteroatoms. The Bertz CT molecular complexity index is 657. The number of aryl methyl sites for hydroxylation is 1. The molecule has 0 aliphatic heterocycles. The second kappa shape index (κ2) is 5.82. The Kier molecular flexibility index (Phi) is 3.88. The number of hydrogen-bond acceptors (Lipinski definition) is 2. The molecule has 0 unspecified atom stereocenters. The molecule has 110 valence electrons. The van der Waals surface area contributed by atoms with Crippen LogP contribution in [0.1, 0.15) is 35.6 Å². The Morgan fingerprint density at radius 2 is 2.00 bits per heavy atom. The molecule has 1 aliphatic rings. The molecule has 21 heavy (non-hydrogen) atoms. The van der Waals surface area contributed by atoms with Crippen LogP contribution in [0, 0.1) is 11.6 Å². The van der Waals surface area contributed by atoms with E-state index in [0.29, 0.717) is 11.3 Å². The third kappa shape index (κ3) is 3.05. The largest absolute Gasteiger partial charge is 0.489 e. The minimum atomic E-state index is -0.593. The lowest BCUT2D eigenvalue weighted by molar-refractivity contribution is 0.298. The highest BCUT2D eigenvalue weighted by Gasteiger charge is 2.17. The van der Waals surface area contributed by atoms with Crippen LogP contribution in [0.15, 0.2) is 36.4 Å². The molecule has 0 amide bonds. The summed E-state index contributed by atoms with van der Waals surface area (Å²) >= 11 is 0. The fourth-order valence-corrected chi connectivity index (χ4v) is 2.70. The molecule has 0 saturated carbocycles. The number of rotatable bonds is 3. The molecule has 0 fully saturated rings. The van der Waals surface area contributed by atoms with Gasteiger partial charge in [0.15, 0.2) is 0 Å². The quantitative estimate of drug-likeness (QED) is 0.930. The topological polar surface area (TPSA) is 35.2 Å². The molecule has 2 nitrogen and oxygen atoms in total. The van der Waals surface area contributed by atoms with Crippen molar-refractivity contribution in [3.63, 3.8) is 0 Å². The van der Waals surface area contributed by atoms with Crippen molar-refractivity contribution >= 4 is 0 Å². The van der Waals surface area contributed by atoms with E-state index in [9.17, 15) is 8.78 Å². The number of nitrogens with two attached hydrogens (primary N) is 1. The fraction of sp³-hybridized carbons (Fsp3) is 0.294. The number of fused-ring (bicyclic) bond motifs is 1. The molecule has 0 spiro atoms. The zero-order valence-corrected chi connectivity index (χ0v) is 11.6. The van der Waals surface area contributed by atoms with Gasteiger partial charge in [-0.25, -0.2) is 8.78 Å². The van der Waals surface area contributed by atoms with E-state index in [4.69, 9.17) is 10.5 Å². The second-order valence-electron chi connectivity index (χ2n) is 5.38. The van der Waals surface area contributed by atoms with Crippen molar-refractivity contribution in [3.05, 3.63) is 64.7 Å². The Hall–Kier alpha value is -1.94. The molecule has 0 heterocycles. The molecular weight excluding hydrogens is 272 g/mol. The van der Waals surface area contributed by atoms with Gasteiger partial charge in [-0.15, -0.1) is 0 Å². The van der Waals surface area contributed by atoms with Gasteiger partial charge in [0.25, 0.3) is 0 Å². The molecule has 1 atom stereocenters. The molecule has 0 aromatic heterocycles. The van der Waals surface area contributed by atoms with Crippen LogP contribution in [0.4, 0.5) is 8.78 Å². The van der Waals surface area contributed by atoms with E-state index in [1.165, 1.54) is 17.7 Å². The maximum absolute atomic E-state index is 13.5. The van der Waals surface area contributed by atoms with E-state index in [1.807, 2.05) is 18.2 Å². The Morgan fingerprint density at radius 3 is 2.81 bits per heavy atom. The fourth-order valence-electron chi connectivity index (χ4n) is 2.70. The van der Waals surface area contributed by atoms with Gasteiger partial charge in [0.2, 0.25) is 0 Å². The summed E-state index contributed by atoms with van der Waals surface area (Å²) in [6.45, 7) is 0.0696. The summed E-state index contributed by atoms with van der Waals surface area (Å²) in [7, 11) is 0. The monoisotopic (exact) mass is 289 g/mol. The van der Waals surface area contributed by atoms with E-state index in [-0.39, 0.29) is 12.6 Å². The van der Waals surface area contributed by atoms with E-state index in [2.05, 4.69) is 0 Å². The van der Waals surface area contributed by atoms with E-state index < -0.39 is 11.6 Å². The highest BCUT2D eigenvalue weighted by atomic mass is 19.1. The smallest absolute Gasteiger partial charge is 0.132 e. The van der Waals surface area contributed by atoms with Gasteiger partial charge in [-0.05, 0) is 54.7 Å². The summed E-state index contributed by atoms with van der Waals surface area (Å²) in [4.78, 5) is 0. The van der Waals surface area contributed by atoms with Gasteiger partial charge in [0.05, 0.1) is 0 Å². The molecule has 0 bridgehead atoms. The zero-order valence-electron chi connectivity index (χ0n) is 11.6. The van der Waals surface area contributed by atoms with E-state index >= 15 is 0 Å². The van der Waals surface area contributed by atoms with Crippen LogP contribution in [0.3, 0.4) is 0 Å². The van der Waals surface area contributed by atoms with Gasteiger partial charge in [-0.1, -0.05) is 6.07 Å². The summed E-state index contributed by atoms with van der Waals surface area (Å²) in [5, 5.41) is 0. The second-order valence-corrected chi connectivity index (χ2v) is 5.38. The van der Waals surface area contributed by atoms with Crippen LogP contribution in [0.25, 0.3) is 0 Å². The first-order chi connectivity index (χ1) is 10.1. The summed E-state index contributed by atoms with van der Waals surface area (Å²) in [5.74, 6) is -0.518. The Labute approximate surface area is 122 Å². The van der Waals surface area contributed by atoms with Crippen molar-refractivity contribution in [3.8, 4) is 5.75 Å². The Morgan fingerprint density at radius 1 is 1.14 bits per heavy atom. The molecule has 2 aromatic rings. The lowest BCUT2D eigenvalue weighted by Gasteiger charge is -2.22. The summed E-state index contributed by atoms with van der Waals surface area (Å²) in [5.41, 5.74) is 8.81. The predicted molar refractivity (Wildman–Crippen MR) is 77.0 cm³/mol. The van der Waals surface area contributed by atoms with Crippen LogP contribution in [-0.2, 0) is 13.0 Å². The molecule has 0 radical (unpaired) electrons. The highest BCUT2D eigenvalue weighted by molar-refractivity contribution is 5.39. The van der Waals surface area contributed by atoms with Crippen molar-refractivity contribution in [2.24, 2.45) is 5.73 Å². The van der Waals surface area contributed by atoms with Crippen molar-refractivity contribution in [2.75, 3.05) is 0 Å². The molecule has 2 N–H and O–H groups in total. The van der Waals surface area contributed by atoms with Gasteiger partial charge < -0.3 is 10.5 Å². The minimum Gasteiger partial charge on any atom is -0.489 e. The third-order valence-electron chi connectivity index (χ3n) is 3.89. The summed E-state index contributed by atoms with van der Waals surface area (Å²) in [6, 6.07) is 9.35. The maximum Gasteiger partial charge on any atom is 0.132 e. The molecular formula is C17H17F2NO. The first-order valence-electron chi connectivity index (χ1n) is 7.08. The van der Waals surface area contributed by atoms with Crippen LogP contribution in [0.2, 0.25) is 0 Å². The summed E-state index contributed by atoms with van der Waals surface area (Å²) in [6.07, 6.45) is 3.12. The molecule has 0 saturated heterocycles. The standard InChI is InChI=1S/C17H17F2NO/c18-13-6-4-12(16(19)8-13)10-21-14-7-5-11-2-1-3-17(20)15(11)9-14/h4-9,17H,1-3,10,20H2/t17-/m1/s1. The van der Waals surface area contributed by atoms with E-state index in [0.717, 1.165) is 30.9 Å². The predicted octanol–water partition coefficient (Wildman–Crippen LogP) is 3.88. The van der Waals surface area contributed by atoms with Crippen molar-refractivity contribution in [1.82, 2.24) is 0 Å². The lowest BCUT2D eigenvalue weighted by atomic mass is 9.88. The first kappa shape index (κ1) is 14.0. The van der Waals surface area contributed by atoms with Gasteiger partial charge >= 0.3 is 0 Å². The van der Waals surface area contributed by atoms with Gasteiger partial charge in [-0.3, -0.25) is 0 Å². The first-order valence-corrected chi connectivity index (χ1v) is 7.08. The van der Waals surface area contributed by atoms with Crippen LogP contribution < -0.4 is 10.5 Å². The van der Waals surface area contributed by atoms with Crippen molar-refractivity contribution < 1.29 is 13.5 Å². The average molecular weight is 289 g/mol. The molecule has 3 rings (SSSR count). The lowest BCUT2D eigenvalue weighted by Crippen LogP contribution is -2.17. The van der Waals surface area contributed by atoms with E-state index in [1.54, 1.807) is 0 Å². The van der Waals surface area contributed by atoms with Crippen LogP contribution >= 0.6 is 0 Å². The van der Waals surface area contributed by atoms with Crippen molar-refractivity contribution in [2.45, 2.75) is 31.9 Å². The maximum atomic E-state index is 13.5. The third-order valence-corrected chi connectivity index (χ3v) is 3.89. The minimum absolute atomic E-state index is 0.0415. The number of halogens is 2. The highest BCUT2D eigenvalue weighted by Crippen LogP contribution is 2.31. The number of ether oxygens (including phenoxy) is 1. The number of hydrogen-bond donors (Lipinski definition) is 1. The van der Waals surface area contributed by atoms with Gasteiger partial charge in [0, 0.05) is 17.7 Å². The average Bonchev–Trinajstić information content (AvgIpc) is 2.47. The summed E-state index contributed by atoms with van der Waals surface area (Å²) < 4.78 is 32.0. The normalized spacial score (nSPS) is 17.4. The zero-order chi connectivity index (χ0) is 14.8. The van der Waals surface area contributed by atoms with Crippen LogP contribution in [0.5, 0.6) is 5.75 Å².